The molecule has 1 N–H and O–H groups in total. The van der Waals surface area contributed by atoms with Gasteiger partial charge in [0.05, 0.1) is 0 Å². The minimum Gasteiger partial charge on any atom is -0.310 e. The molecule has 1 aromatic carbocycles. The largest absolute Gasteiger partial charge is 0.310 e. The van der Waals surface area contributed by atoms with Gasteiger partial charge in [0.1, 0.15) is 11.6 Å². The number of hydrogen-bond acceptors (Lipinski definition) is 1. The van der Waals surface area contributed by atoms with Crippen LogP contribution < -0.4 is 5.32 Å². The van der Waals surface area contributed by atoms with Crippen LogP contribution in [0.25, 0.3) is 0 Å². The maximum absolute atomic E-state index is 14.3. The van der Waals surface area contributed by atoms with Crippen molar-refractivity contribution in [1.29, 1.82) is 0 Å². The second kappa shape index (κ2) is 4.77. The minimum absolute atomic E-state index is 0.0627. The number of nitrogens with one attached hydrogen (secondary N) is 1. The molecule has 21 heavy (non-hydrogen) atoms. The van der Waals surface area contributed by atoms with Gasteiger partial charge in [-0.25, -0.2) is 8.78 Å². The summed E-state index contributed by atoms with van der Waals surface area (Å²) in [6.45, 7) is 4.61. The Morgan fingerprint density at radius 2 is 1.81 bits per heavy atom. The van der Waals surface area contributed by atoms with Crippen LogP contribution in [0.2, 0.25) is 0 Å². The molecule has 0 aliphatic heterocycles. The summed E-state index contributed by atoms with van der Waals surface area (Å²) in [6, 6.07) is 2.84. The highest BCUT2D eigenvalue weighted by molar-refractivity contribution is 5.31. The first kappa shape index (κ1) is 13.7. The molecular formula is C18H23F2N. The van der Waals surface area contributed by atoms with Crippen LogP contribution in [-0.4, -0.2) is 6.54 Å². The molecule has 0 heterocycles. The van der Waals surface area contributed by atoms with Crippen molar-refractivity contribution in [3.05, 3.63) is 34.9 Å². The molecule has 1 nitrogen and oxygen atoms in total. The van der Waals surface area contributed by atoms with Gasteiger partial charge in [-0.3, -0.25) is 0 Å². The molecule has 4 rings (SSSR count). The fourth-order valence-corrected chi connectivity index (χ4v) is 5.43. The van der Waals surface area contributed by atoms with E-state index < -0.39 is 5.82 Å². The number of rotatable bonds is 4. The number of aryl methyl sites for hydroxylation is 1. The monoisotopic (exact) mass is 291 g/mol. The third-order valence-electron chi connectivity index (χ3n) is 6.22. The van der Waals surface area contributed by atoms with Gasteiger partial charge >= 0.3 is 0 Å². The average molecular weight is 291 g/mol. The number of fused-ring (bicyclic) bond motifs is 5. The van der Waals surface area contributed by atoms with Gasteiger partial charge in [-0.15, -0.1) is 0 Å². The number of hydrogen-bond donors (Lipinski definition) is 1. The third kappa shape index (κ3) is 1.97. The highest BCUT2D eigenvalue weighted by Crippen LogP contribution is 2.72. The molecule has 5 atom stereocenters. The van der Waals surface area contributed by atoms with Crippen LogP contribution in [0, 0.1) is 48.1 Å². The normalized spacial score (nSPS) is 37.6. The number of benzene rings is 1. The van der Waals surface area contributed by atoms with Gasteiger partial charge in [0.15, 0.2) is 0 Å². The molecule has 3 aliphatic rings. The van der Waals surface area contributed by atoms with Crippen molar-refractivity contribution >= 4 is 0 Å². The predicted octanol–water partition coefficient (Wildman–Crippen LogP) is 4.22. The third-order valence-corrected chi connectivity index (χ3v) is 6.22. The summed E-state index contributed by atoms with van der Waals surface area (Å²) >= 11 is 0. The van der Waals surface area contributed by atoms with Gasteiger partial charge in [0.2, 0.25) is 0 Å². The lowest BCUT2D eigenvalue weighted by molar-refractivity contribution is 0.365. The van der Waals surface area contributed by atoms with Gasteiger partial charge < -0.3 is 5.32 Å². The molecule has 3 fully saturated rings. The summed E-state index contributed by atoms with van der Waals surface area (Å²) in [4.78, 5) is 0. The van der Waals surface area contributed by atoms with Crippen molar-refractivity contribution in [3.63, 3.8) is 0 Å². The smallest absolute Gasteiger partial charge is 0.130 e. The van der Waals surface area contributed by atoms with Crippen LogP contribution >= 0.6 is 0 Å². The van der Waals surface area contributed by atoms with E-state index in [2.05, 4.69) is 12.2 Å². The summed E-state index contributed by atoms with van der Waals surface area (Å²) < 4.78 is 27.8. The van der Waals surface area contributed by atoms with E-state index >= 15 is 0 Å². The van der Waals surface area contributed by atoms with Crippen molar-refractivity contribution in [2.24, 2.45) is 29.6 Å². The second-order valence-corrected chi connectivity index (χ2v) is 7.22. The zero-order valence-electron chi connectivity index (χ0n) is 12.7. The summed E-state index contributed by atoms with van der Waals surface area (Å²) in [5.41, 5.74) is 1.22. The van der Waals surface area contributed by atoms with E-state index in [9.17, 15) is 8.78 Å². The van der Waals surface area contributed by atoms with Crippen LogP contribution in [0.15, 0.2) is 12.1 Å². The van der Waals surface area contributed by atoms with Crippen molar-refractivity contribution in [1.82, 2.24) is 5.32 Å². The quantitative estimate of drug-likeness (QED) is 0.876. The summed E-state index contributed by atoms with van der Waals surface area (Å²) in [5.74, 6) is 3.06. The molecule has 1 aromatic rings. The van der Waals surface area contributed by atoms with Gasteiger partial charge in [0, 0.05) is 17.7 Å². The summed E-state index contributed by atoms with van der Waals surface area (Å²) in [7, 11) is 0. The second-order valence-electron chi connectivity index (χ2n) is 7.22. The molecular weight excluding hydrogens is 268 g/mol. The van der Waals surface area contributed by atoms with Gasteiger partial charge in [-0.1, -0.05) is 6.92 Å². The fraction of sp³-hybridized carbons (Fsp3) is 0.667. The molecule has 0 amide bonds. The summed E-state index contributed by atoms with van der Waals surface area (Å²) in [6.07, 6.45) is 4.13. The molecule has 0 spiro atoms. The summed E-state index contributed by atoms with van der Waals surface area (Å²) in [5, 5.41) is 3.48. The molecule has 3 aliphatic carbocycles. The fourth-order valence-electron chi connectivity index (χ4n) is 5.43. The predicted molar refractivity (Wildman–Crippen MR) is 78.8 cm³/mol. The zero-order valence-corrected chi connectivity index (χ0v) is 12.7. The van der Waals surface area contributed by atoms with Crippen LogP contribution in [-0.2, 0) is 0 Å². The van der Waals surface area contributed by atoms with Crippen molar-refractivity contribution in [3.8, 4) is 0 Å². The van der Waals surface area contributed by atoms with E-state index in [1.165, 1.54) is 19.3 Å². The lowest BCUT2D eigenvalue weighted by atomic mass is 9.91. The molecule has 2 bridgehead atoms. The molecule has 114 valence electrons. The number of halogens is 2. The average Bonchev–Trinajstić information content (AvgIpc) is 2.87. The topological polar surface area (TPSA) is 12.0 Å². The zero-order chi connectivity index (χ0) is 14.7. The molecule has 0 saturated heterocycles. The molecule has 0 radical (unpaired) electrons. The van der Waals surface area contributed by atoms with Crippen molar-refractivity contribution < 1.29 is 8.78 Å². The van der Waals surface area contributed by atoms with Gasteiger partial charge in [-0.2, -0.15) is 0 Å². The Balaban J connectivity index is 1.66. The first-order valence-corrected chi connectivity index (χ1v) is 8.30. The Labute approximate surface area is 125 Å². The van der Waals surface area contributed by atoms with E-state index in [1.807, 2.05) is 0 Å². The maximum atomic E-state index is 14.3. The van der Waals surface area contributed by atoms with E-state index in [1.54, 1.807) is 13.0 Å². The van der Waals surface area contributed by atoms with Crippen LogP contribution in [0.3, 0.4) is 0 Å². The molecule has 0 aromatic heterocycles. The maximum Gasteiger partial charge on any atom is 0.130 e. The SMILES string of the molecule is CCNC(c1cc(C)c(F)cc1F)C1C2C3CCC(C3)C21. The highest BCUT2D eigenvalue weighted by atomic mass is 19.1. The van der Waals surface area contributed by atoms with Gasteiger partial charge in [0.25, 0.3) is 0 Å². The first-order valence-electron chi connectivity index (χ1n) is 8.30. The molecule has 3 heteroatoms. The Hall–Kier alpha value is -0.960. The Bertz CT molecular complexity index is 555. The lowest BCUT2D eigenvalue weighted by Crippen LogP contribution is -2.26. The molecule has 5 unspecified atom stereocenters. The highest BCUT2D eigenvalue weighted by Gasteiger charge is 2.66. The Morgan fingerprint density at radius 3 is 2.43 bits per heavy atom. The van der Waals surface area contributed by atoms with Crippen LogP contribution in [0.1, 0.15) is 43.4 Å². The van der Waals surface area contributed by atoms with Crippen LogP contribution in [0.4, 0.5) is 8.78 Å². The van der Waals surface area contributed by atoms with E-state index in [4.69, 9.17) is 0 Å². The Morgan fingerprint density at radius 1 is 1.14 bits per heavy atom. The first-order chi connectivity index (χ1) is 10.1. The standard InChI is InChI=1S/C18H23F2N/c1-3-21-18(12-6-9(2)13(19)8-14(12)20)17-15-10-4-5-11(7-10)16(15)17/h6,8,10-11,15-18,21H,3-5,7H2,1-2H3. The van der Waals surface area contributed by atoms with Crippen LogP contribution in [0.5, 0.6) is 0 Å². The minimum atomic E-state index is -0.442. The van der Waals surface area contributed by atoms with Crippen molar-refractivity contribution in [2.75, 3.05) is 6.54 Å². The van der Waals surface area contributed by atoms with Gasteiger partial charge in [-0.05, 0) is 74.0 Å². The lowest BCUT2D eigenvalue weighted by Gasteiger charge is -2.23. The Kier molecular flexibility index (Phi) is 3.11. The van der Waals surface area contributed by atoms with E-state index in [0.29, 0.717) is 17.0 Å². The van der Waals surface area contributed by atoms with E-state index in [0.717, 1.165) is 36.3 Å². The van der Waals surface area contributed by atoms with Crippen molar-refractivity contribution in [2.45, 2.75) is 39.2 Å². The van der Waals surface area contributed by atoms with E-state index in [-0.39, 0.29) is 11.9 Å². The molecule has 3 saturated carbocycles.